The maximum absolute atomic E-state index is 14.1. The van der Waals surface area contributed by atoms with Crippen LogP contribution in [-0.4, -0.2) is 91.6 Å². The van der Waals surface area contributed by atoms with Gasteiger partial charge >= 0.3 is 5.69 Å². The molecule has 4 fully saturated rings. The molecule has 2 aliphatic heterocycles. The molecule has 1 atom stereocenters. The van der Waals surface area contributed by atoms with E-state index in [4.69, 9.17) is 14.2 Å². The number of carbonyl (C=O) groups excluding carboxylic acids is 1. The summed E-state index contributed by atoms with van der Waals surface area (Å²) in [4.78, 5) is 41.8. The minimum Gasteiger partial charge on any atom is -0.478 e. The number of aromatic amines is 1. The zero-order valence-corrected chi connectivity index (χ0v) is 38.9. The highest BCUT2D eigenvalue weighted by Gasteiger charge is 2.49. The molecule has 3 N–H and O–H groups in total. The standard InChI is InChI=1S/C49H60N8O8S/c1-31(2)38-7-5-6-8-39(38)42-30-64-22-21-56(42)36-26-49(27-36)16-19-55(20-17-49)35-13-14-40(43(24-35)65-44-23-34-15-18-50-45(34)53-48(44)63-4)47(58)54-66(61,62)37-25-41(57(59)60)46(52-29-37)51-28-33-11-9-32(3)10-12-33/h5-8,13-15,18,23-25,29,31-33,36,42H,9-12,16-17,19-22,26-28,30H2,1-4H3,(H,50,53)(H,51,52)(H,54,58)/t32?,33?,42-/m0/s1. The highest BCUT2D eigenvalue weighted by molar-refractivity contribution is 7.90. The van der Waals surface area contributed by atoms with E-state index < -0.39 is 31.4 Å². The fourth-order valence-corrected chi connectivity index (χ4v) is 11.5. The van der Waals surface area contributed by atoms with Gasteiger partial charge in [-0.25, -0.2) is 18.1 Å². The average Bonchev–Trinajstić information content (AvgIpc) is 3.77. The minimum absolute atomic E-state index is 0.0214. The van der Waals surface area contributed by atoms with Gasteiger partial charge in [0.15, 0.2) is 5.75 Å². The first-order valence-electron chi connectivity index (χ1n) is 23.3. The average molecular weight is 921 g/mol. The van der Waals surface area contributed by atoms with Gasteiger partial charge in [-0.1, -0.05) is 57.9 Å². The zero-order chi connectivity index (χ0) is 46.2. The quantitative estimate of drug-likeness (QED) is 0.0706. The third-order valence-corrected chi connectivity index (χ3v) is 15.8. The van der Waals surface area contributed by atoms with Crippen molar-refractivity contribution in [3.8, 4) is 17.4 Å². The molecule has 16 nitrogen and oxygen atoms in total. The normalized spacial score (nSPS) is 21.4. The Labute approximate surface area is 386 Å². The molecule has 2 saturated carbocycles. The number of nitrogens with one attached hydrogen (secondary N) is 3. The Morgan fingerprint density at radius 3 is 2.55 bits per heavy atom. The van der Waals surface area contributed by atoms with Crippen molar-refractivity contribution in [1.82, 2.24) is 24.6 Å². The minimum atomic E-state index is -4.64. The fraction of sp³-hybridized carbons (Fsp3) is 0.490. The predicted molar refractivity (Wildman–Crippen MR) is 252 cm³/mol. The monoisotopic (exact) mass is 920 g/mol. The Balaban J connectivity index is 0.923. The Hall–Kier alpha value is -5.78. The van der Waals surface area contributed by atoms with Gasteiger partial charge in [0.05, 0.1) is 43.0 Å². The molecule has 5 aromatic rings. The lowest BCUT2D eigenvalue weighted by Gasteiger charge is -2.57. The van der Waals surface area contributed by atoms with Crippen molar-refractivity contribution in [2.75, 3.05) is 56.7 Å². The number of hydrogen-bond donors (Lipinski definition) is 3. The van der Waals surface area contributed by atoms with Crippen molar-refractivity contribution >= 4 is 44.2 Å². The molecular weight excluding hydrogens is 861 g/mol. The predicted octanol–water partition coefficient (Wildman–Crippen LogP) is 8.97. The third-order valence-electron chi connectivity index (χ3n) is 14.5. The van der Waals surface area contributed by atoms with E-state index in [1.165, 1.54) is 18.2 Å². The summed E-state index contributed by atoms with van der Waals surface area (Å²) >= 11 is 0. The number of anilines is 2. The third kappa shape index (κ3) is 9.42. The smallest absolute Gasteiger partial charge is 0.312 e. The number of carbonyl (C=O) groups is 1. The summed E-state index contributed by atoms with van der Waals surface area (Å²) in [5.74, 6) is 0.878. The summed E-state index contributed by atoms with van der Waals surface area (Å²) in [5.41, 5.74) is 3.82. The second kappa shape index (κ2) is 18.8. The van der Waals surface area contributed by atoms with Gasteiger partial charge < -0.3 is 29.4 Å². The lowest BCUT2D eigenvalue weighted by atomic mass is 9.59. The number of nitrogens with zero attached hydrogens (tertiary/aromatic N) is 5. The van der Waals surface area contributed by atoms with E-state index in [-0.39, 0.29) is 40.2 Å². The number of hydrogen-bond acceptors (Lipinski definition) is 13. The maximum atomic E-state index is 14.1. The van der Waals surface area contributed by atoms with Crippen LogP contribution in [0, 0.1) is 27.4 Å². The van der Waals surface area contributed by atoms with Crippen LogP contribution in [0.4, 0.5) is 17.2 Å². The second-order valence-electron chi connectivity index (χ2n) is 19.1. The molecule has 17 heteroatoms. The number of amides is 1. The van der Waals surface area contributed by atoms with Crippen LogP contribution in [0.1, 0.15) is 106 Å². The van der Waals surface area contributed by atoms with Crippen LogP contribution in [0.2, 0.25) is 0 Å². The Morgan fingerprint density at radius 2 is 1.80 bits per heavy atom. The summed E-state index contributed by atoms with van der Waals surface area (Å²) in [5, 5.41) is 16.0. The molecule has 350 valence electrons. The molecule has 0 bridgehead atoms. The highest BCUT2D eigenvalue weighted by atomic mass is 32.2. The summed E-state index contributed by atoms with van der Waals surface area (Å²) in [7, 11) is -3.17. The van der Waals surface area contributed by atoms with E-state index >= 15 is 0 Å². The van der Waals surface area contributed by atoms with E-state index in [1.807, 2.05) is 6.07 Å². The Morgan fingerprint density at radius 1 is 1.03 bits per heavy atom. The molecular formula is C49H60N8O8S. The molecule has 5 heterocycles. The van der Waals surface area contributed by atoms with Crippen LogP contribution >= 0.6 is 0 Å². The van der Waals surface area contributed by atoms with Crippen LogP contribution < -0.4 is 24.4 Å². The van der Waals surface area contributed by atoms with Gasteiger partial charge in [-0.3, -0.25) is 19.8 Å². The van der Waals surface area contributed by atoms with Crippen molar-refractivity contribution in [1.29, 1.82) is 0 Å². The van der Waals surface area contributed by atoms with Gasteiger partial charge in [-0.15, -0.1) is 0 Å². The Kier molecular flexibility index (Phi) is 13.0. The van der Waals surface area contributed by atoms with Gasteiger partial charge in [0.1, 0.15) is 16.3 Å². The largest absolute Gasteiger partial charge is 0.478 e. The number of pyridine rings is 2. The highest BCUT2D eigenvalue weighted by Crippen LogP contribution is 2.53. The van der Waals surface area contributed by atoms with Gasteiger partial charge in [0, 0.05) is 61.6 Å². The first-order chi connectivity index (χ1) is 31.8. The number of ether oxygens (including phenoxy) is 3. The number of benzene rings is 2. The van der Waals surface area contributed by atoms with Crippen molar-refractivity contribution < 1.29 is 32.3 Å². The first kappa shape index (κ1) is 45.4. The van der Waals surface area contributed by atoms with Crippen LogP contribution in [0.15, 0.2) is 78.0 Å². The first-order valence-corrected chi connectivity index (χ1v) is 24.7. The summed E-state index contributed by atoms with van der Waals surface area (Å²) < 4.78 is 47.8. The molecule has 2 aromatic carbocycles. The molecule has 66 heavy (non-hydrogen) atoms. The van der Waals surface area contributed by atoms with Crippen LogP contribution in [0.25, 0.3) is 11.0 Å². The lowest BCUT2D eigenvalue weighted by molar-refractivity contribution is -0.384. The maximum Gasteiger partial charge on any atom is 0.312 e. The lowest BCUT2D eigenvalue weighted by Crippen LogP contribution is -2.58. The summed E-state index contributed by atoms with van der Waals surface area (Å²) in [6.45, 7) is 11.2. The van der Waals surface area contributed by atoms with E-state index in [1.54, 1.807) is 30.5 Å². The molecule has 1 amide bonds. The molecule has 0 radical (unpaired) electrons. The van der Waals surface area contributed by atoms with Gasteiger partial charge in [-0.05, 0) is 97.1 Å². The van der Waals surface area contributed by atoms with Crippen molar-refractivity contribution in [2.45, 2.75) is 95.0 Å². The number of rotatable bonds is 14. The van der Waals surface area contributed by atoms with Crippen molar-refractivity contribution in [2.24, 2.45) is 17.3 Å². The molecule has 9 rings (SSSR count). The van der Waals surface area contributed by atoms with E-state index in [2.05, 4.69) is 79.8 Å². The number of piperidine rings is 1. The molecule has 2 saturated heterocycles. The Bertz CT molecular complexity index is 2680. The van der Waals surface area contributed by atoms with E-state index in [0.29, 0.717) is 42.6 Å². The number of fused-ring (bicyclic) bond motifs is 1. The van der Waals surface area contributed by atoms with Gasteiger partial charge in [-0.2, -0.15) is 4.98 Å². The van der Waals surface area contributed by atoms with E-state index in [9.17, 15) is 23.3 Å². The molecule has 4 aliphatic rings. The van der Waals surface area contributed by atoms with Crippen molar-refractivity contribution in [3.63, 3.8) is 0 Å². The molecule has 3 aromatic heterocycles. The van der Waals surface area contributed by atoms with Gasteiger partial charge in [0.2, 0.25) is 5.82 Å². The zero-order valence-electron chi connectivity index (χ0n) is 38.1. The number of morpholine rings is 1. The van der Waals surface area contributed by atoms with Gasteiger partial charge in [0.25, 0.3) is 21.8 Å². The number of H-pyrrole nitrogens is 1. The molecule has 0 unspecified atom stereocenters. The SMILES string of the molecule is COc1nc2[nH]ccc2cc1Oc1cc(N2CCC3(CC2)CC(N2CCOC[C@H]2c2ccccc2C(C)C)C3)ccc1C(=O)NS(=O)(=O)c1cnc(NCC2CCC(C)CC2)c([N+](=O)[O-])c1. The summed E-state index contributed by atoms with van der Waals surface area (Å²) in [6, 6.07) is 19.1. The number of nitro groups is 1. The van der Waals surface area contributed by atoms with Crippen molar-refractivity contribution in [3.05, 3.63) is 99.9 Å². The molecule has 1 spiro atoms. The number of sulfonamides is 1. The van der Waals surface area contributed by atoms with E-state index in [0.717, 1.165) is 101 Å². The number of methoxy groups -OCH3 is 1. The number of aromatic nitrogens is 3. The molecule has 2 aliphatic carbocycles. The fourth-order valence-electron chi connectivity index (χ4n) is 10.6. The second-order valence-corrected chi connectivity index (χ2v) is 20.8. The summed E-state index contributed by atoms with van der Waals surface area (Å²) in [6.07, 6.45) is 11.2. The topological polar surface area (TPSA) is 194 Å². The van der Waals surface area contributed by atoms with Crippen LogP contribution in [-0.2, 0) is 14.8 Å². The van der Waals surface area contributed by atoms with Crippen LogP contribution in [0.3, 0.4) is 0 Å². The van der Waals surface area contributed by atoms with Crippen LogP contribution in [0.5, 0.6) is 17.4 Å².